The van der Waals surface area contributed by atoms with E-state index in [1.54, 1.807) is 0 Å². The van der Waals surface area contributed by atoms with E-state index in [2.05, 4.69) is 34.5 Å². The summed E-state index contributed by atoms with van der Waals surface area (Å²) in [5.41, 5.74) is 3.33. The number of para-hydroxylation sites is 1. The molecule has 0 radical (unpaired) electrons. The molecule has 0 aromatic heterocycles. The molecule has 1 aliphatic rings. The van der Waals surface area contributed by atoms with Gasteiger partial charge in [0.1, 0.15) is 0 Å². The molecule has 1 heterocycles. The third-order valence-electron chi connectivity index (χ3n) is 5.50. The molecule has 1 atom stereocenters. The lowest BCUT2D eigenvalue weighted by molar-refractivity contribution is -0.121. The predicted octanol–water partition coefficient (Wildman–Crippen LogP) is 4.46. The summed E-state index contributed by atoms with van der Waals surface area (Å²) in [5, 5.41) is 3.23. The molecule has 142 valence electrons. The summed E-state index contributed by atoms with van der Waals surface area (Å²) < 4.78 is 0. The van der Waals surface area contributed by atoms with E-state index in [1.807, 2.05) is 66.7 Å². The predicted molar refractivity (Wildman–Crippen MR) is 114 cm³/mol. The minimum Gasteiger partial charge on any atom is -0.371 e. The molecule has 0 aliphatic carbocycles. The van der Waals surface area contributed by atoms with Gasteiger partial charge in [-0.3, -0.25) is 4.79 Å². The Bertz CT molecular complexity index is 841. The van der Waals surface area contributed by atoms with Crippen molar-refractivity contribution in [2.75, 3.05) is 24.5 Å². The van der Waals surface area contributed by atoms with Crippen molar-refractivity contribution in [2.24, 2.45) is 5.92 Å². The van der Waals surface area contributed by atoms with Gasteiger partial charge in [-0.25, -0.2) is 0 Å². The SMILES string of the molecule is O=C(NCC1CCN(c2ccccc2)C1)C(c1ccccc1)c1ccccc1. The molecule has 3 nitrogen and oxygen atoms in total. The Hall–Kier alpha value is -3.07. The first-order valence-electron chi connectivity index (χ1n) is 9.99. The van der Waals surface area contributed by atoms with Gasteiger partial charge in [0.05, 0.1) is 5.92 Å². The Labute approximate surface area is 167 Å². The van der Waals surface area contributed by atoms with Crippen LogP contribution in [0.2, 0.25) is 0 Å². The van der Waals surface area contributed by atoms with Crippen LogP contribution in [0.5, 0.6) is 0 Å². The number of benzene rings is 3. The summed E-state index contributed by atoms with van der Waals surface area (Å²) in [4.78, 5) is 15.5. The lowest BCUT2D eigenvalue weighted by Crippen LogP contribution is -2.35. The summed E-state index contributed by atoms with van der Waals surface area (Å²) in [7, 11) is 0. The van der Waals surface area contributed by atoms with Gasteiger partial charge < -0.3 is 10.2 Å². The number of hydrogen-bond donors (Lipinski definition) is 1. The Kier molecular flexibility index (Phi) is 5.72. The lowest BCUT2D eigenvalue weighted by Gasteiger charge is -2.21. The number of amides is 1. The summed E-state index contributed by atoms with van der Waals surface area (Å²) in [5.74, 6) is 0.293. The van der Waals surface area contributed by atoms with Crippen molar-refractivity contribution in [1.29, 1.82) is 0 Å². The van der Waals surface area contributed by atoms with Crippen LogP contribution in [-0.4, -0.2) is 25.5 Å². The molecule has 0 saturated carbocycles. The summed E-state index contributed by atoms with van der Waals surface area (Å²) in [6.07, 6.45) is 1.11. The van der Waals surface area contributed by atoms with Gasteiger partial charge in [0, 0.05) is 25.3 Å². The average molecular weight is 370 g/mol. The fraction of sp³-hybridized carbons (Fsp3) is 0.240. The van der Waals surface area contributed by atoms with Crippen LogP contribution >= 0.6 is 0 Å². The maximum absolute atomic E-state index is 13.1. The van der Waals surface area contributed by atoms with Crippen molar-refractivity contribution in [2.45, 2.75) is 12.3 Å². The highest BCUT2D eigenvalue weighted by Crippen LogP contribution is 2.26. The van der Waals surface area contributed by atoms with Crippen LogP contribution < -0.4 is 10.2 Å². The molecule has 4 rings (SSSR count). The smallest absolute Gasteiger partial charge is 0.232 e. The molecule has 3 aromatic rings. The van der Waals surface area contributed by atoms with Crippen molar-refractivity contribution >= 4 is 11.6 Å². The average Bonchev–Trinajstić information content (AvgIpc) is 3.24. The molecule has 3 aromatic carbocycles. The fourth-order valence-electron chi connectivity index (χ4n) is 4.01. The zero-order valence-electron chi connectivity index (χ0n) is 16.0. The van der Waals surface area contributed by atoms with Crippen LogP contribution in [0.15, 0.2) is 91.0 Å². The minimum atomic E-state index is -0.269. The van der Waals surface area contributed by atoms with E-state index >= 15 is 0 Å². The van der Waals surface area contributed by atoms with Gasteiger partial charge in [-0.15, -0.1) is 0 Å². The standard InChI is InChI=1S/C25H26N2O/c28-25(24(21-10-4-1-5-11-21)22-12-6-2-7-13-22)26-18-20-16-17-27(19-20)23-14-8-3-9-15-23/h1-15,20,24H,16-19H2,(H,26,28). The maximum atomic E-state index is 13.1. The van der Waals surface area contributed by atoms with Crippen LogP contribution in [0, 0.1) is 5.92 Å². The van der Waals surface area contributed by atoms with Gasteiger partial charge in [0.25, 0.3) is 0 Å². The topological polar surface area (TPSA) is 32.3 Å². The van der Waals surface area contributed by atoms with E-state index < -0.39 is 0 Å². The van der Waals surface area contributed by atoms with Gasteiger partial charge in [-0.2, -0.15) is 0 Å². The second-order valence-corrected chi connectivity index (χ2v) is 7.44. The van der Waals surface area contributed by atoms with Gasteiger partial charge >= 0.3 is 0 Å². The van der Waals surface area contributed by atoms with Gasteiger partial charge in [-0.05, 0) is 35.6 Å². The zero-order valence-corrected chi connectivity index (χ0v) is 16.0. The monoisotopic (exact) mass is 370 g/mol. The first kappa shape index (κ1) is 18.3. The molecule has 0 bridgehead atoms. The third kappa shape index (κ3) is 4.25. The Morgan fingerprint density at radius 3 is 1.96 bits per heavy atom. The maximum Gasteiger partial charge on any atom is 0.232 e. The highest BCUT2D eigenvalue weighted by Gasteiger charge is 2.26. The number of carbonyl (C=O) groups excluding carboxylic acids is 1. The molecule has 1 fully saturated rings. The summed E-state index contributed by atoms with van der Waals surface area (Å²) in [6, 6.07) is 30.6. The number of nitrogens with zero attached hydrogens (tertiary/aromatic N) is 1. The van der Waals surface area contributed by atoms with E-state index in [0.717, 1.165) is 37.2 Å². The number of carbonyl (C=O) groups is 1. The number of hydrogen-bond acceptors (Lipinski definition) is 2. The van der Waals surface area contributed by atoms with Crippen molar-refractivity contribution in [3.8, 4) is 0 Å². The molecular weight excluding hydrogens is 344 g/mol. The first-order valence-corrected chi connectivity index (χ1v) is 9.99. The number of nitrogens with one attached hydrogen (secondary N) is 1. The molecule has 1 N–H and O–H groups in total. The molecule has 1 saturated heterocycles. The zero-order chi connectivity index (χ0) is 19.2. The Morgan fingerprint density at radius 2 is 1.39 bits per heavy atom. The van der Waals surface area contributed by atoms with E-state index in [1.165, 1.54) is 5.69 Å². The fourth-order valence-corrected chi connectivity index (χ4v) is 4.01. The molecule has 1 unspecified atom stereocenters. The van der Waals surface area contributed by atoms with Crippen LogP contribution in [0.1, 0.15) is 23.5 Å². The van der Waals surface area contributed by atoms with E-state index in [9.17, 15) is 4.79 Å². The third-order valence-corrected chi connectivity index (χ3v) is 5.50. The second kappa shape index (κ2) is 8.75. The largest absolute Gasteiger partial charge is 0.371 e. The highest BCUT2D eigenvalue weighted by molar-refractivity contribution is 5.87. The van der Waals surface area contributed by atoms with Crippen molar-refractivity contribution in [1.82, 2.24) is 5.32 Å². The first-order chi connectivity index (χ1) is 13.8. The van der Waals surface area contributed by atoms with E-state index in [-0.39, 0.29) is 11.8 Å². The lowest BCUT2D eigenvalue weighted by atomic mass is 9.90. The molecule has 28 heavy (non-hydrogen) atoms. The highest BCUT2D eigenvalue weighted by atomic mass is 16.1. The molecular formula is C25H26N2O. The molecule has 0 spiro atoms. The summed E-state index contributed by atoms with van der Waals surface area (Å²) in [6.45, 7) is 2.76. The Balaban J connectivity index is 1.41. The van der Waals surface area contributed by atoms with Crippen LogP contribution in [0.3, 0.4) is 0 Å². The van der Waals surface area contributed by atoms with Crippen molar-refractivity contribution in [3.63, 3.8) is 0 Å². The molecule has 3 heteroatoms. The van der Waals surface area contributed by atoms with Crippen molar-refractivity contribution in [3.05, 3.63) is 102 Å². The Morgan fingerprint density at radius 1 is 0.857 bits per heavy atom. The van der Waals surface area contributed by atoms with Gasteiger partial charge in [0.2, 0.25) is 5.91 Å². The van der Waals surface area contributed by atoms with Crippen LogP contribution in [-0.2, 0) is 4.79 Å². The van der Waals surface area contributed by atoms with Crippen molar-refractivity contribution < 1.29 is 4.79 Å². The van der Waals surface area contributed by atoms with Gasteiger partial charge in [0.15, 0.2) is 0 Å². The molecule has 1 amide bonds. The van der Waals surface area contributed by atoms with Crippen LogP contribution in [0.4, 0.5) is 5.69 Å². The normalized spacial score (nSPS) is 16.3. The second-order valence-electron chi connectivity index (χ2n) is 7.44. The van der Waals surface area contributed by atoms with Crippen LogP contribution in [0.25, 0.3) is 0 Å². The van der Waals surface area contributed by atoms with Gasteiger partial charge in [-0.1, -0.05) is 78.9 Å². The number of anilines is 1. The molecule has 1 aliphatic heterocycles. The van der Waals surface area contributed by atoms with E-state index in [0.29, 0.717) is 5.92 Å². The quantitative estimate of drug-likeness (QED) is 0.695. The minimum absolute atomic E-state index is 0.0792. The van der Waals surface area contributed by atoms with E-state index in [4.69, 9.17) is 0 Å². The summed E-state index contributed by atoms with van der Waals surface area (Å²) >= 11 is 0. The number of rotatable bonds is 6.